The van der Waals surface area contributed by atoms with Crippen molar-refractivity contribution in [1.82, 2.24) is 4.90 Å². The predicted molar refractivity (Wildman–Crippen MR) is 106 cm³/mol. The summed E-state index contributed by atoms with van der Waals surface area (Å²) in [5, 5.41) is 10.8. The molecule has 2 aromatic rings. The van der Waals surface area contributed by atoms with E-state index in [1.165, 1.54) is 0 Å². The Balaban J connectivity index is 2.03. The van der Waals surface area contributed by atoms with Gasteiger partial charge in [-0.1, -0.05) is 86.8 Å². The Kier molecular flexibility index (Phi) is 6.07. The molecule has 1 heterocycles. The van der Waals surface area contributed by atoms with Gasteiger partial charge in [0.2, 0.25) is 0 Å². The normalized spacial score (nSPS) is 18.9. The third-order valence-electron chi connectivity index (χ3n) is 4.96. The molecule has 4 nitrogen and oxygen atoms in total. The van der Waals surface area contributed by atoms with E-state index in [4.69, 9.17) is 0 Å². The lowest BCUT2D eigenvalue weighted by atomic mass is 9.95. The first-order chi connectivity index (χ1) is 13.1. The van der Waals surface area contributed by atoms with Crippen molar-refractivity contribution in [2.45, 2.75) is 38.6 Å². The molecule has 0 spiro atoms. The first kappa shape index (κ1) is 18.9. The highest BCUT2D eigenvalue weighted by Crippen LogP contribution is 2.39. The van der Waals surface area contributed by atoms with Crippen LogP contribution in [-0.4, -0.2) is 28.2 Å². The van der Waals surface area contributed by atoms with E-state index in [1.807, 2.05) is 36.4 Å². The van der Waals surface area contributed by atoms with Gasteiger partial charge >= 0.3 is 0 Å². The lowest BCUT2D eigenvalue weighted by Crippen LogP contribution is -2.30. The SMILES string of the molecule is CCCCCCN1C(=O)C(=O)/C(=C(/O)c2ccccc2)[C@H]1c1ccccc1. The van der Waals surface area contributed by atoms with Crippen molar-refractivity contribution < 1.29 is 14.7 Å². The van der Waals surface area contributed by atoms with Gasteiger partial charge in [0.15, 0.2) is 0 Å². The number of amides is 1. The van der Waals surface area contributed by atoms with Gasteiger partial charge in [0.25, 0.3) is 11.7 Å². The summed E-state index contributed by atoms with van der Waals surface area (Å²) in [5.41, 5.74) is 1.56. The number of carbonyl (C=O) groups is 2. The molecular formula is C23H25NO3. The van der Waals surface area contributed by atoms with Gasteiger partial charge in [0.1, 0.15) is 5.76 Å². The van der Waals surface area contributed by atoms with Crippen molar-refractivity contribution in [2.24, 2.45) is 0 Å². The second kappa shape index (κ2) is 8.67. The highest BCUT2D eigenvalue weighted by Gasteiger charge is 2.45. The number of aliphatic hydroxyl groups is 1. The molecule has 1 aliphatic heterocycles. The maximum atomic E-state index is 12.8. The van der Waals surface area contributed by atoms with E-state index in [9.17, 15) is 14.7 Å². The molecular weight excluding hydrogens is 338 g/mol. The number of ketones is 1. The second-order valence-electron chi connectivity index (χ2n) is 6.83. The van der Waals surface area contributed by atoms with Crippen molar-refractivity contribution in [2.75, 3.05) is 6.54 Å². The molecule has 0 saturated carbocycles. The van der Waals surface area contributed by atoms with Gasteiger partial charge in [-0.25, -0.2) is 0 Å². The fraction of sp³-hybridized carbons (Fsp3) is 0.304. The molecule has 0 aliphatic carbocycles. The zero-order valence-electron chi connectivity index (χ0n) is 15.6. The number of Topliss-reactive ketones (excluding diaryl/α,β-unsaturated/α-hetero) is 1. The zero-order chi connectivity index (χ0) is 19.2. The Hall–Kier alpha value is -2.88. The van der Waals surface area contributed by atoms with Crippen LogP contribution in [0.2, 0.25) is 0 Å². The highest BCUT2D eigenvalue weighted by molar-refractivity contribution is 6.46. The molecule has 1 saturated heterocycles. The maximum Gasteiger partial charge on any atom is 0.295 e. The van der Waals surface area contributed by atoms with E-state index in [0.29, 0.717) is 12.1 Å². The summed E-state index contributed by atoms with van der Waals surface area (Å²) in [7, 11) is 0. The molecule has 2 aromatic carbocycles. The predicted octanol–water partition coefficient (Wildman–Crippen LogP) is 4.69. The Labute approximate surface area is 160 Å². The summed E-state index contributed by atoms with van der Waals surface area (Å²) >= 11 is 0. The van der Waals surface area contributed by atoms with Crippen LogP contribution < -0.4 is 0 Å². The van der Waals surface area contributed by atoms with E-state index in [-0.39, 0.29) is 11.3 Å². The Morgan fingerprint density at radius 1 is 0.926 bits per heavy atom. The fourth-order valence-corrected chi connectivity index (χ4v) is 3.55. The number of aliphatic hydroxyl groups excluding tert-OH is 1. The van der Waals surface area contributed by atoms with Crippen LogP contribution in [0.3, 0.4) is 0 Å². The molecule has 0 radical (unpaired) electrons. The average Bonchev–Trinajstić information content (AvgIpc) is 2.97. The van der Waals surface area contributed by atoms with Gasteiger partial charge in [0, 0.05) is 12.1 Å². The number of unbranched alkanes of at least 4 members (excludes halogenated alkanes) is 3. The number of nitrogens with zero attached hydrogens (tertiary/aromatic N) is 1. The lowest BCUT2D eigenvalue weighted by molar-refractivity contribution is -0.139. The van der Waals surface area contributed by atoms with Gasteiger partial charge in [-0.2, -0.15) is 0 Å². The van der Waals surface area contributed by atoms with Crippen LogP contribution in [0, 0.1) is 0 Å². The number of carbonyl (C=O) groups excluding carboxylic acids is 2. The van der Waals surface area contributed by atoms with Crippen molar-refractivity contribution in [1.29, 1.82) is 0 Å². The molecule has 0 aromatic heterocycles. The topological polar surface area (TPSA) is 57.6 Å². The summed E-state index contributed by atoms with van der Waals surface area (Å²) < 4.78 is 0. The third-order valence-corrected chi connectivity index (χ3v) is 4.96. The molecule has 1 aliphatic rings. The van der Waals surface area contributed by atoms with E-state index < -0.39 is 17.7 Å². The third kappa shape index (κ3) is 3.95. The van der Waals surface area contributed by atoms with Gasteiger partial charge in [0.05, 0.1) is 11.6 Å². The molecule has 1 atom stereocenters. The van der Waals surface area contributed by atoms with Gasteiger partial charge in [-0.3, -0.25) is 9.59 Å². The summed E-state index contributed by atoms with van der Waals surface area (Å²) in [5.74, 6) is -1.25. The molecule has 0 bridgehead atoms. The molecule has 1 amide bonds. The van der Waals surface area contributed by atoms with Gasteiger partial charge in [-0.15, -0.1) is 0 Å². The number of hydrogen-bond donors (Lipinski definition) is 1. The number of rotatable bonds is 7. The Morgan fingerprint density at radius 3 is 2.19 bits per heavy atom. The Morgan fingerprint density at radius 2 is 1.56 bits per heavy atom. The molecule has 1 fully saturated rings. The van der Waals surface area contributed by atoms with E-state index >= 15 is 0 Å². The van der Waals surface area contributed by atoms with Crippen molar-refractivity contribution in [3.05, 3.63) is 77.4 Å². The van der Waals surface area contributed by atoms with Crippen molar-refractivity contribution in [3.8, 4) is 0 Å². The largest absolute Gasteiger partial charge is 0.507 e. The smallest absolute Gasteiger partial charge is 0.295 e. The highest BCUT2D eigenvalue weighted by atomic mass is 16.3. The Bertz CT molecular complexity index is 827. The monoisotopic (exact) mass is 363 g/mol. The summed E-state index contributed by atoms with van der Waals surface area (Å²) in [6.07, 6.45) is 4.06. The van der Waals surface area contributed by atoms with Crippen molar-refractivity contribution in [3.63, 3.8) is 0 Å². The second-order valence-corrected chi connectivity index (χ2v) is 6.83. The molecule has 3 rings (SSSR count). The van der Waals surface area contributed by atoms with E-state index in [1.54, 1.807) is 29.2 Å². The molecule has 27 heavy (non-hydrogen) atoms. The number of hydrogen-bond acceptors (Lipinski definition) is 3. The summed E-state index contributed by atoms with van der Waals surface area (Å²) in [6.45, 7) is 2.64. The van der Waals surface area contributed by atoms with E-state index in [2.05, 4.69) is 6.92 Å². The minimum Gasteiger partial charge on any atom is -0.507 e. The van der Waals surface area contributed by atoms with Gasteiger partial charge in [-0.05, 0) is 12.0 Å². The lowest BCUT2D eigenvalue weighted by Gasteiger charge is -2.25. The number of likely N-dealkylation sites (tertiary alicyclic amines) is 1. The fourth-order valence-electron chi connectivity index (χ4n) is 3.55. The quantitative estimate of drug-likeness (QED) is 0.336. The molecule has 0 unspecified atom stereocenters. The summed E-state index contributed by atoms with van der Waals surface area (Å²) in [6, 6.07) is 17.8. The van der Waals surface area contributed by atoms with Crippen LogP contribution in [0.5, 0.6) is 0 Å². The molecule has 140 valence electrons. The van der Waals surface area contributed by atoms with Crippen LogP contribution in [0.15, 0.2) is 66.2 Å². The standard InChI is InChI=1S/C23H25NO3/c1-2-3-4-11-16-24-20(17-12-7-5-8-13-17)19(22(26)23(24)27)21(25)18-14-9-6-10-15-18/h5-10,12-15,20,25H,2-4,11,16H2,1H3/b21-19+/t20-/m1/s1. The van der Waals surface area contributed by atoms with Crippen LogP contribution in [-0.2, 0) is 9.59 Å². The summed E-state index contributed by atoms with van der Waals surface area (Å²) in [4.78, 5) is 27.1. The van der Waals surface area contributed by atoms with Crippen LogP contribution in [0.25, 0.3) is 5.76 Å². The average molecular weight is 363 g/mol. The number of benzene rings is 2. The first-order valence-corrected chi connectivity index (χ1v) is 9.54. The molecule has 4 heteroatoms. The first-order valence-electron chi connectivity index (χ1n) is 9.54. The van der Waals surface area contributed by atoms with Crippen LogP contribution in [0.4, 0.5) is 0 Å². The van der Waals surface area contributed by atoms with Crippen LogP contribution in [0.1, 0.15) is 49.8 Å². The molecule has 1 N–H and O–H groups in total. The maximum absolute atomic E-state index is 12.8. The van der Waals surface area contributed by atoms with Gasteiger partial charge < -0.3 is 10.0 Å². The minimum atomic E-state index is -0.610. The minimum absolute atomic E-state index is 0.112. The van der Waals surface area contributed by atoms with Crippen LogP contribution >= 0.6 is 0 Å². The van der Waals surface area contributed by atoms with Crippen molar-refractivity contribution >= 4 is 17.4 Å². The van der Waals surface area contributed by atoms with E-state index in [0.717, 1.165) is 31.2 Å². The zero-order valence-corrected chi connectivity index (χ0v) is 15.6.